The van der Waals surface area contributed by atoms with Gasteiger partial charge in [-0.15, -0.1) is 0 Å². The molecule has 1 heteroatoms. The van der Waals surface area contributed by atoms with Crippen LogP contribution in [-0.4, -0.2) is 0 Å². The lowest BCUT2D eigenvalue weighted by Gasteiger charge is -1.92. The van der Waals surface area contributed by atoms with E-state index in [4.69, 9.17) is 0 Å². The third-order valence-electron chi connectivity index (χ3n) is 2.60. The van der Waals surface area contributed by atoms with Crippen LogP contribution in [0.25, 0.3) is 12.2 Å². The molecule has 3 rings (SSSR count). The van der Waals surface area contributed by atoms with Crippen molar-refractivity contribution in [3.63, 3.8) is 0 Å². The van der Waals surface area contributed by atoms with Gasteiger partial charge >= 0.3 is 0 Å². The molecule has 1 heterocycles. The molecule has 1 nitrogen and oxygen atoms in total. The third kappa shape index (κ3) is 1.68. The third-order valence-corrected chi connectivity index (χ3v) is 2.60. The molecule has 76 valence electrons. The highest BCUT2D eigenvalue weighted by Gasteiger charge is 1.99. The highest BCUT2D eigenvalue weighted by atomic mass is 14.7. The van der Waals surface area contributed by atoms with Gasteiger partial charge in [0.2, 0.25) is 0 Å². The van der Waals surface area contributed by atoms with Crippen LogP contribution in [0.1, 0.15) is 5.56 Å². The van der Waals surface area contributed by atoms with Crippen LogP contribution in [0, 0.1) is 0 Å². The van der Waals surface area contributed by atoms with Crippen molar-refractivity contribution >= 4 is 12.2 Å². The number of fused-ring (bicyclic) bond motifs is 1. The Labute approximate surface area is 94.1 Å². The minimum Gasteiger partial charge on any atom is -0.248 e. The van der Waals surface area contributed by atoms with E-state index < -0.39 is 0 Å². The van der Waals surface area contributed by atoms with E-state index in [9.17, 15) is 0 Å². The second-order valence-corrected chi connectivity index (χ2v) is 3.79. The molecule has 0 aromatic heterocycles. The lowest BCUT2D eigenvalue weighted by molar-refractivity contribution is 1.33. The predicted octanol–water partition coefficient (Wildman–Crippen LogP) is 2.14. The fourth-order valence-electron chi connectivity index (χ4n) is 1.84. The first-order valence-corrected chi connectivity index (χ1v) is 5.34. The van der Waals surface area contributed by atoms with Crippen molar-refractivity contribution in [2.45, 2.75) is 0 Å². The normalized spacial score (nSPS) is 15.4. The molecule has 0 bridgehead atoms. The Hall–Kier alpha value is -2.15. The summed E-state index contributed by atoms with van der Waals surface area (Å²) >= 11 is 0. The number of allylic oxidation sites excluding steroid dienone is 1. The van der Waals surface area contributed by atoms with Gasteiger partial charge < -0.3 is 0 Å². The highest BCUT2D eigenvalue weighted by Crippen LogP contribution is 2.09. The molecule has 0 unspecified atom stereocenters. The Kier molecular flexibility index (Phi) is 2.15. The number of para-hydroxylation sites is 1. The molecule has 0 amide bonds. The van der Waals surface area contributed by atoms with Crippen LogP contribution in [-0.2, 0) is 0 Å². The summed E-state index contributed by atoms with van der Waals surface area (Å²) in [4.78, 5) is 4.55. The molecule has 0 spiro atoms. The van der Waals surface area contributed by atoms with Crippen molar-refractivity contribution < 1.29 is 0 Å². The van der Waals surface area contributed by atoms with Gasteiger partial charge in [-0.05, 0) is 23.8 Å². The van der Waals surface area contributed by atoms with Crippen LogP contribution in [0.3, 0.4) is 0 Å². The number of rotatable bonds is 1. The van der Waals surface area contributed by atoms with E-state index in [2.05, 4.69) is 35.3 Å². The average Bonchev–Trinajstić information content (AvgIpc) is 2.72. The van der Waals surface area contributed by atoms with E-state index in [1.165, 1.54) is 10.8 Å². The van der Waals surface area contributed by atoms with Crippen LogP contribution >= 0.6 is 0 Å². The largest absolute Gasteiger partial charge is 0.248 e. The van der Waals surface area contributed by atoms with Gasteiger partial charge in [0.1, 0.15) is 0 Å². The molecule has 0 saturated heterocycles. The maximum absolute atomic E-state index is 4.55. The van der Waals surface area contributed by atoms with Crippen LogP contribution in [0.2, 0.25) is 0 Å². The number of hydrogen-bond donors (Lipinski definition) is 0. The molecule has 0 N–H and O–H groups in total. The topological polar surface area (TPSA) is 12.4 Å². The number of hydrogen-bond acceptors (Lipinski definition) is 1. The van der Waals surface area contributed by atoms with Gasteiger partial charge in [-0.2, -0.15) is 0 Å². The summed E-state index contributed by atoms with van der Waals surface area (Å²) in [6.07, 6.45) is 4.21. The van der Waals surface area contributed by atoms with Crippen molar-refractivity contribution in [3.8, 4) is 0 Å². The minimum absolute atomic E-state index is 1.02. The summed E-state index contributed by atoms with van der Waals surface area (Å²) in [7, 11) is 0. The fourth-order valence-corrected chi connectivity index (χ4v) is 1.84. The van der Waals surface area contributed by atoms with Crippen molar-refractivity contribution in [1.82, 2.24) is 0 Å². The maximum atomic E-state index is 4.55. The van der Waals surface area contributed by atoms with E-state index in [0.29, 0.717) is 0 Å². The van der Waals surface area contributed by atoms with Crippen molar-refractivity contribution in [2.24, 2.45) is 4.99 Å². The molecule has 1 aliphatic rings. The molecule has 1 aliphatic heterocycles. The Morgan fingerprint density at radius 2 is 1.56 bits per heavy atom. The summed E-state index contributed by atoms with van der Waals surface area (Å²) in [5.41, 5.74) is 2.21. The highest BCUT2D eigenvalue weighted by molar-refractivity contribution is 5.65. The van der Waals surface area contributed by atoms with E-state index >= 15 is 0 Å². The van der Waals surface area contributed by atoms with Gasteiger partial charge in [0.25, 0.3) is 0 Å². The van der Waals surface area contributed by atoms with Gasteiger partial charge in [-0.1, -0.05) is 48.5 Å². The second-order valence-electron chi connectivity index (χ2n) is 3.79. The lowest BCUT2D eigenvalue weighted by Crippen LogP contribution is -2.19. The molecule has 2 aromatic carbocycles. The first-order valence-electron chi connectivity index (χ1n) is 5.34. The summed E-state index contributed by atoms with van der Waals surface area (Å²) in [5.74, 6) is 0. The Balaban J connectivity index is 2.08. The van der Waals surface area contributed by atoms with E-state index in [1.807, 2.05) is 36.4 Å². The first kappa shape index (κ1) is 9.10. The molecule has 2 aromatic rings. The van der Waals surface area contributed by atoms with E-state index in [1.54, 1.807) is 0 Å². The standard InChI is InChI=1S/C15H11N/c1-2-6-12(7-3-1)10-14-11-13-8-4-5-9-15(13)16-14/h1-11H. The van der Waals surface area contributed by atoms with Crippen LogP contribution in [0.4, 0.5) is 0 Å². The molecule has 0 atom stereocenters. The van der Waals surface area contributed by atoms with Crippen LogP contribution < -0.4 is 10.6 Å². The monoisotopic (exact) mass is 205 g/mol. The van der Waals surface area contributed by atoms with Gasteiger partial charge in [0.05, 0.1) is 11.1 Å². The van der Waals surface area contributed by atoms with E-state index in [0.717, 1.165) is 11.1 Å². The number of benzene rings is 2. The number of nitrogens with zero attached hydrogens (tertiary/aromatic N) is 1. The minimum atomic E-state index is 1.02. The van der Waals surface area contributed by atoms with Crippen molar-refractivity contribution in [2.75, 3.05) is 0 Å². The molecule has 0 fully saturated rings. The van der Waals surface area contributed by atoms with Gasteiger partial charge in [-0.3, -0.25) is 0 Å². The average molecular weight is 205 g/mol. The first-order chi connectivity index (χ1) is 7.92. The van der Waals surface area contributed by atoms with E-state index in [-0.39, 0.29) is 0 Å². The summed E-state index contributed by atoms with van der Waals surface area (Å²) < 4.78 is 0. The molecular formula is C15H11N. The smallest absolute Gasteiger partial charge is 0.0710 e. The summed E-state index contributed by atoms with van der Waals surface area (Å²) in [5, 5.41) is 2.26. The fraction of sp³-hybridized carbons (Fsp3) is 0. The summed E-state index contributed by atoms with van der Waals surface area (Å²) in [6.45, 7) is 0. The molecular weight excluding hydrogens is 194 g/mol. The van der Waals surface area contributed by atoms with Gasteiger partial charge in [0, 0.05) is 5.22 Å². The Morgan fingerprint density at radius 1 is 0.812 bits per heavy atom. The molecule has 0 aliphatic carbocycles. The lowest BCUT2D eigenvalue weighted by atomic mass is 10.2. The SMILES string of the molecule is C(=C1C=c2ccccc2=N1)c1ccccc1. The zero-order valence-electron chi connectivity index (χ0n) is 8.80. The Bertz CT molecular complexity index is 614. The predicted molar refractivity (Wildman–Crippen MR) is 66.1 cm³/mol. The molecule has 0 radical (unpaired) electrons. The van der Waals surface area contributed by atoms with Gasteiger partial charge in [-0.25, -0.2) is 4.99 Å². The molecule has 0 saturated carbocycles. The quantitative estimate of drug-likeness (QED) is 0.676. The summed E-state index contributed by atoms with van der Waals surface area (Å²) in [6, 6.07) is 18.4. The second kappa shape index (κ2) is 3.78. The molecule has 16 heavy (non-hydrogen) atoms. The zero-order valence-corrected chi connectivity index (χ0v) is 8.80. The zero-order chi connectivity index (χ0) is 10.8. The van der Waals surface area contributed by atoms with Crippen LogP contribution in [0.15, 0.2) is 65.3 Å². The van der Waals surface area contributed by atoms with Crippen LogP contribution in [0.5, 0.6) is 0 Å². The van der Waals surface area contributed by atoms with Gasteiger partial charge in [0.15, 0.2) is 0 Å². The Morgan fingerprint density at radius 3 is 2.38 bits per heavy atom. The maximum Gasteiger partial charge on any atom is 0.0710 e. The van der Waals surface area contributed by atoms with Crippen molar-refractivity contribution in [3.05, 3.63) is 76.4 Å². The van der Waals surface area contributed by atoms with Crippen molar-refractivity contribution in [1.29, 1.82) is 0 Å².